The van der Waals surface area contributed by atoms with Crippen LogP contribution in [0.3, 0.4) is 0 Å². The molecule has 0 aliphatic heterocycles. The molecule has 0 aromatic heterocycles. The number of nitrogens with two attached hydrogens (primary N) is 1. The second kappa shape index (κ2) is 5.37. The van der Waals surface area contributed by atoms with Gasteiger partial charge in [0, 0.05) is 24.0 Å². The second-order valence-corrected chi connectivity index (χ2v) is 3.86. The summed E-state index contributed by atoms with van der Waals surface area (Å²) in [5.74, 6) is 0.294. The molecule has 1 aromatic carbocycles. The molecule has 0 radical (unpaired) electrons. The van der Waals surface area contributed by atoms with Crippen LogP contribution in [0.25, 0.3) is 0 Å². The molecule has 0 aliphatic rings. The van der Waals surface area contributed by atoms with Crippen molar-refractivity contribution in [2.45, 2.75) is 5.92 Å². The van der Waals surface area contributed by atoms with Gasteiger partial charge in [-0.15, -0.1) is 0 Å². The van der Waals surface area contributed by atoms with Crippen molar-refractivity contribution in [3.63, 3.8) is 0 Å². The van der Waals surface area contributed by atoms with E-state index in [9.17, 15) is 0 Å². The summed E-state index contributed by atoms with van der Waals surface area (Å²) >= 11 is 3.43. The van der Waals surface area contributed by atoms with Crippen LogP contribution in [0.1, 0.15) is 11.5 Å². The third-order valence-corrected chi connectivity index (χ3v) is 2.47. The Morgan fingerprint density at radius 3 is 2.85 bits per heavy atom. The summed E-state index contributed by atoms with van der Waals surface area (Å²) in [6, 6.07) is 8.17. The van der Waals surface area contributed by atoms with Crippen LogP contribution in [0.2, 0.25) is 0 Å². The zero-order valence-electron chi connectivity index (χ0n) is 7.66. The van der Waals surface area contributed by atoms with Crippen LogP contribution in [0.15, 0.2) is 28.7 Å². The maximum Gasteiger partial charge on any atom is 0.0543 e. The Bertz CT molecular complexity index is 265. The molecule has 1 aromatic rings. The lowest BCUT2D eigenvalue weighted by molar-refractivity contribution is 0.181. The summed E-state index contributed by atoms with van der Waals surface area (Å²) < 4.78 is 6.18. The maximum atomic E-state index is 5.65. The van der Waals surface area contributed by atoms with Crippen LogP contribution in [0.5, 0.6) is 0 Å². The van der Waals surface area contributed by atoms with E-state index in [1.807, 2.05) is 12.1 Å². The van der Waals surface area contributed by atoms with E-state index < -0.39 is 0 Å². The summed E-state index contributed by atoms with van der Waals surface area (Å²) in [4.78, 5) is 0. The van der Waals surface area contributed by atoms with Crippen LogP contribution in [0, 0.1) is 0 Å². The van der Waals surface area contributed by atoms with E-state index in [4.69, 9.17) is 10.5 Å². The van der Waals surface area contributed by atoms with Gasteiger partial charge in [0.15, 0.2) is 0 Å². The molecule has 2 N–H and O–H groups in total. The Kier molecular flexibility index (Phi) is 4.42. The monoisotopic (exact) mass is 243 g/mol. The summed E-state index contributed by atoms with van der Waals surface area (Å²) in [6.45, 7) is 1.29. The van der Waals surface area contributed by atoms with Gasteiger partial charge >= 0.3 is 0 Å². The lowest BCUT2D eigenvalue weighted by atomic mass is 10.0. The van der Waals surface area contributed by atoms with E-state index >= 15 is 0 Å². The summed E-state index contributed by atoms with van der Waals surface area (Å²) in [5, 5.41) is 0. The average Bonchev–Trinajstić information content (AvgIpc) is 2.14. The third kappa shape index (κ3) is 3.10. The highest BCUT2D eigenvalue weighted by Crippen LogP contribution is 2.19. The third-order valence-electron chi connectivity index (χ3n) is 1.97. The van der Waals surface area contributed by atoms with Gasteiger partial charge in [-0.25, -0.2) is 0 Å². The van der Waals surface area contributed by atoms with Crippen LogP contribution in [-0.4, -0.2) is 20.3 Å². The van der Waals surface area contributed by atoms with E-state index in [-0.39, 0.29) is 0 Å². The number of ether oxygens (including phenoxy) is 1. The minimum Gasteiger partial charge on any atom is -0.384 e. The molecule has 1 unspecified atom stereocenters. The number of benzene rings is 1. The standard InChI is InChI=1S/C10H14BrNO/c1-13-7-9(6-12)8-3-2-4-10(11)5-8/h2-5,9H,6-7,12H2,1H3. The molecule has 0 heterocycles. The lowest BCUT2D eigenvalue weighted by Crippen LogP contribution is -2.17. The first kappa shape index (κ1) is 10.7. The summed E-state index contributed by atoms with van der Waals surface area (Å²) in [7, 11) is 1.70. The zero-order chi connectivity index (χ0) is 9.68. The fraction of sp³-hybridized carbons (Fsp3) is 0.400. The Labute approximate surface area is 87.2 Å². The predicted molar refractivity (Wildman–Crippen MR) is 57.8 cm³/mol. The second-order valence-electron chi connectivity index (χ2n) is 2.94. The van der Waals surface area contributed by atoms with Crippen molar-refractivity contribution in [2.24, 2.45) is 5.73 Å². The lowest BCUT2D eigenvalue weighted by Gasteiger charge is -2.13. The van der Waals surface area contributed by atoms with Crippen LogP contribution in [0.4, 0.5) is 0 Å². The Morgan fingerprint density at radius 1 is 1.54 bits per heavy atom. The molecule has 1 rings (SSSR count). The topological polar surface area (TPSA) is 35.2 Å². The average molecular weight is 244 g/mol. The highest BCUT2D eigenvalue weighted by Gasteiger charge is 2.08. The SMILES string of the molecule is COCC(CN)c1cccc(Br)c1. The molecule has 0 aliphatic carbocycles. The first-order valence-electron chi connectivity index (χ1n) is 4.22. The summed E-state index contributed by atoms with van der Waals surface area (Å²) in [5.41, 5.74) is 6.87. The van der Waals surface area contributed by atoms with Crippen molar-refractivity contribution in [3.05, 3.63) is 34.3 Å². The molecular weight excluding hydrogens is 230 g/mol. The minimum absolute atomic E-state index is 0.294. The number of halogens is 1. The zero-order valence-corrected chi connectivity index (χ0v) is 9.25. The smallest absolute Gasteiger partial charge is 0.0543 e. The van der Waals surface area contributed by atoms with Crippen molar-refractivity contribution in [1.29, 1.82) is 0 Å². The van der Waals surface area contributed by atoms with E-state index in [1.165, 1.54) is 5.56 Å². The number of hydrogen-bond donors (Lipinski definition) is 1. The first-order chi connectivity index (χ1) is 6.27. The molecule has 13 heavy (non-hydrogen) atoms. The molecule has 0 saturated carbocycles. The normalized spacial score (nSPS) is 12.8. The van der Waals surface area contributed by atoms with Gasteiger partial charge in [0.1, 0.15) is 0 Å². The molecule has 1 atom stereocenters. The molecule has 0 bridgehead atoms. The fourth-order valence-electron chi connectivity index (χ4n) is 1.26. The maximum absolute atomic E-state index is 5.65. The van der Waals surface area contributed by atoms with Gasteiger partial charge in [-0.3, -0.25) is 0 Å². The molecule has 0 amide bonds. The minimum atomic E-state index is 0.294. The van der Waals surface area contributed by atoms with Crippen molar-refractivity contribution < 1.29 is 4.74 Å². The molecular formula is C10H14BrNO. The molecule has 0 fully saturated rings. The number of methoxy groups -OCH3 is 1. The largest absolute Gasteiger partial charge is 0.384 e. The van der Waals surface area contributed by atoms with Gasteiger partial charge in [0.2, 0.25) is 0 Å². The molecule has 0 saturated heterocycles. The highest BCUT2D eigenvalue weighted by molar-refractivity contribution is 9.10. The predicted octanol–water partition coefficient (Wildman–Crippen LogP) is 2.14. The first-order valence-corrected chi connectivity index (χ1v) is 5.01. The Morgan fingerprint density at radius 2 is 2.31 bits per heavy atom. The van der Waals surface area contributed by atoms with Gasteiger partial charge < -0.3 is 10.5 Å². The van der Waals surface area contributed by atoms with Crippen molar-refractivity contribution in [1.82, 2.24) is 0 Å². The van der Waals surface area contributed by atoms with Gasteiger partial charge in [0.25, 0.3) is 0 Å². The van der Waals surface area contributed by atoms with Gasteiger partial charge in [-0.1, -0.05) is 28.1 Å². The molecule has 72 valence electrons. The van der Waals surface area contributed by atoms with Crippen LogP contribution < -0.4 is 5.73 Å². The number of hydrogen-bond acceptors (Lipinski definition) is 2. The van der Waals surface area contributed by atoms with Gasteiger partial charge in [0.05, 0.1) is 6.61 Å². The highest BCUT2D eigenvalue weighted by atomic mass is 79.9. The number of rotatable bonds is 4. The quantitative estimate of drug-likeness (QED) is 0.880. The summed E-state index contributed by atoms with van der Waals surface area (Å²) in [6.07, 6.45) is 0. The molecule has 3 heteroatoms. The Hall–Kier alpha value is -0.380. The molecule has 2 nitrogen and oxygen atoms in total. The van der Waals surface area contributed by atoms with Crippen molar-refractivity contribution in [3.8, 4) is 0 Å². The van der Waals surface area contributed by atoms with Gasteiger partial charge in [-0.2, -0.15) is 0 Å². The van der Waals surface area contributed by atoms with Crippen molar-refractivity contribution in [2.75, 3.05) is 20.3 Å². The van der Waals surface area contributed by atoms with Crippen LogP contribution >= 0.6 is 15.9 Å². The van der Waals surface area contributed by atoms with E-state index in [2.05, 4.69) is 28.1 Å². The van der Waals surface area contributed by atoms with E-state index in [0.717, 1.165) is 4.47 Å². The van der Waals surface area contributed by atoms with Crippen LogP contribution in [-0.2, 0) is 4.74 Å². The van der Waals surface area contributed by atoms with Crippen molar-refractivity contribution >= 4 is 15.9 Å². The van der Waals surface area contributed by atoms with E-state index in [0.29, 0.717) is 19.1 Å². The van der Waals surface area contributed by atoms with Gasteiger partial charge in [-0.05, 0) is 17.7 Å². The fourth-order valence-corrected chi connectivity index (χ4v) is 1.68. The van der Waals surface area contributed by atoms with E-state index in [1.54, 1.807) is 7.11 Å². The Balaban J connectivity index is 2.78. The molecule has 0 spiro atoms.